The Hall–Kier alpha value is -1.80. The Bertz CT molecular complexity index is 508. The average molecular weight is 232 g/mol. The summed E-state index contributed by atoms with van der Waals surface area (Å²) < 4.78 is 0. The van der Waals surface area contributed by atoms with Crippen LogP contribution in [0.15, 0.2) is 59.8 Å². The number of halogens is 1. The molecule has 0 aromatic heterocycles. The van der Waals surface area contributed by atoms with Gasteiger partial charge in [-0.2, -0.15) is 0 Å². The molecule has 0 amide bonds. The van der Waals surface area contributed by atoms with E-state index in [1.807, 2.05) is 48.5 Å². The number of nitrogens with zero attached hydrogens (tertiary/aromatic N) is 1. The molecule has 2 nitrogen and oxygen atoms in total. The highest BCUT2D eigenvalue weighted by atomic mass is 35.5. The molecule has 0 radical (unpaired) electrons. The summed E-state index contributed by atoms with van der Waals surface area (Å²) in [6, 6.07) is 16.7. The molecule has 1 N–H and O–H groups in total. The second-order valence-corrected chi connectivity index (χ2v) is 3.70. The predicted octanol–water partition coefficient (Wildman–Crippen LogP) is 3.57. The maximum Gasteiger partial charge on any atom is 0.118 e. The van der Waals surface area contributed by atoms with E-state index in [2.05, 4.69) is 5.16 Å². The molecule has 0 saturated carbocycles. The van der Waals surface area contributed by atoms with Gasteiger partial charge in [0.1, 0.15) is 5.71 Å². The molecule has 0 unspecified atom stereocenters. The first kappa shape index (κ1) is 10.7. The molecule has 2 aromatic rings. The van der Waals surface area contributed by atoms with Crippen molar-refractivity contribution in [3.05, 3.63) is 70.7 Å². The van der Waals surface area contributed by atoms with Gasteiger partial charge < -0.3 is 5.21 Å². The third-order valence-corrected chi connectivity index (χ3v) is 2.61. The lowest BCUT2D eigenvalue weighted by Crippen LogP contribution is -2.03. The number of hydrogen-bond acceptors (Lipinski definition) is 2. The van der Waals surface area contributed by atoms with E-state index in [1.54, 1.807) is 6.07 Å². The first-order chi connectivity index (χ1) is 7.83. The smallest absolute Gasteiger partial charge is 0.118 e. The average Bonchev–Trinajstić information content (AvgIpc) is 2.34. The van der Waals surface area contributed by atoms with Crippen LogP contribution in [0.1, 0.15) is 11.1 Å². The predicted molar refractivity (Wildman–Crippen MR) is 65.3 cm³/mol. The van der Waals surface area contributed by atoms with Gasteiger partial charge in [-0.05, 0) is 6.07 Å². The van der Waals surface area contributed by atoms with E-state index in [0.717, 1.165) is 11.1 Å². The lowest BCUT2D eigenvalue weighted by molar-refractivity contribution is 0.319. The Morgan fingerprint density at radius 1 is 0.938 bits per heavy atom. The van der Waals surface area contributed by atoms with Crippen LogP contribution in [0.5, 0.6) is 0 Å². The fourth-order valence-corrected chi connectivity index (χ4v) is 1.74. The van der Waals surface area contributed by atoms with Crippen molar-refractivity contribution >= 4 is 17.3 Å². The molecule has 0 bridgehead atoms. The summed E-state index contributed by atoms with van der Waals surface area (Å²) in [5, 5.41) is 13.0. The highest BCUT2D eigenvalue weighted by Gasteiger charge is 2.10. The third kappa shape index (κ3) is 2.07. The molecule has 0 spiro atoms. The summed E-state index contributed by atoms with van der Waals surface area (Å²) in [4.78, 5) is 0. The van der Waals surface area contributed by atoms with E-state index in [1.165, 1.54) is 0 Å². The fourth-order valence-electron chi connectivity index (χ4n) is 1.52. The zero-order valence-corrected chi connectivity index (χ0v) is 9.22. The first-order valence-corrected chi connectivity index (χ1v) is 5.23. The molecular formula is C13H10ClNO. The van der Waals surface area contributed by atoms with Crippen molar-refractivity contribution in [3.8, 4) is 0 Å². The molecule has 80 valence electrons. The highest BCUT2D eigenvalue weighted by Crippen LogP contribution is 2.19. The van der Waals surface area contributed by atoms with Crippen molar-refractivity contribution in [3.63, 3.8) is 0 Å². The molecule has 0 atom stereocenters. The summed E-state index contributed by atoms with van der Waals surface area (Å²) in [5.41, 5.74) is 2.03. The van der Waals surface area contributed by atoms with Gasteiger partial charge in [0.2, 0.25) is 0 Å². The second-order valence-electron chi connectivity index (χ2n) is 3.29. The van der Waals surface area contributed by atoms with Gasteiger partial charge in [0, 0.05) is 11.1 Å². The quantitative estimate of drug-likeness (QED) is 0.478. The first-order valence-electron chi connectivity index (χ1n) is 4.85. The summed E-state index contributed by atoms with van der Waals surface area (Å²) >= 11 is 6.06. The lowest BCUT2D eigenvalue weighted by Gasteiger charge is -2.06. The van der Waals surface area contributed by atoms with Gasteiger partial charge in [0.25, 0.3) is 0 Å². The maximum atomic E-state index is 9.09. The van der Waals surface area contributed by atoms with Crippen LogP contribution in [0.25, 0.3) is 0 Å². The summed E-state index contributed by atoms with van der Waals surface area (Å²) in [6.45, 7) is 0. The minimum atomic E-state index is 0.478. The fraction of sp³-hybridized carbons (Fsp3) is 0. The standard InChI is InChI=1S/C13H10ClNO/c14-12-9-5-4-8-11(12)13(15-16)10-6-2-1-3-7-10/h1-9,16H/b15-13-. The van der Waals surface area contributed by atoms with Crippen molar-refractivity contribution in [1.82, 2.24) is 0 Å². The Morgan fingerprint density at radius 3 is 2.19 bits per heavy atom. The van der Waals surface area contributed by atoms with Crippen molar-refractivity contribution in [2.24, 2.45) is 5.16 Å². The highest BCUT2D eigenvalue weighted by molar-refractivity contribution is 6.35. The van der Waals surface area contributed by atoms with Crippen molar-refractivity contribution in [2.75, 3.05) is 0 Å². The number of benzene rings is 2. The maximum absolute atomic E-state index is 9.09. The molecular weight excluding hydrogens is 222 g/mol. The monoisotopic (exact) mass is 231 g/mol. The van der Waals surface area contributed by atoms with E-state index in [4.69, 9.17) is 16.8 Å². The zero-order valence-electron chi connectivity index (χ0n) is 8.47. The molecule has 3 heteroatoms. The Morgan fingerprint density at radius 2 is 1.56 bits per heavy atom. The van der Waals surface area contributed by atoms with Crippen LogP contribution in [-0.2, 0) is 0 Å². The van der Waals surface area contributed by atoms with Crippen LogP contribution in [0, 0.1) is 0 Å². The molecule has 0 heterocycles. The van der Waals surface area contributed by atoms with Crippen LogP contribution in [0.2, 0.25) is 5.02 Å². The summed E-state index contributed by atoms with van der Waals surface area (Å²) in [6.07, 6.45) is 0. The van der Waals surface area contributed by atoms with Crippen molar-refractivity contribution in [1.29, 1.82) is 0 Å². The molecule has 0 aliphatic heterocycles. The van der Waals surface area contributed by atoms with Gasteiger partial charge in [0.15, 0.2) is 0 Å². The van der Waals surface area contributed by atoms with Crippen LogP contribution < -0.4 is 0 Å². The molecule has 2 rings (SSSR count). The zero-order chi connectivity index (χ0) is 11.4. The van der Waals surface area contributed by atoms with Crippen LogP contribution >= 0.6 is 11.6 Å². The van der Waals surface area contributed by atoms with E-state index in [-0.39, 0.29) is 0 Å². The van der Waals surface area contributed by atoms with Crippen LogP contribution in [0.4, 0.5) is 0 Å². The molecule has 0 aliphatic carbocycles. The topological polar surface area (TPSA) is 32.6 Å². The summed E-state index contributed by atoms with van der Waals surface area (Å²) in [7, 11) is 0. The number of rotatable bonds is 2. The Balaban J connectivity index is 2.51. The molecule has 2 aromatic carbocycles. The van der Waals surface area contributed by atoms with Crippen molar-refractivity contribution < 1.29 is 5.21 Å². The SMILES string of the molecule is O/N=C(/c1ccccc1)c1ccccc1Cl. The van der Waals surface area contributed by atoms with Gasteiger partial charge in [0.05, 0.1) is 5.02 Å². The number of oxime groups is 1. The van der Waals surface area contributed by atoms with Gasteiger partial charge in [-0.25, -0.2) is 0 Å². The Kier molecular flexibility index (Phi) is 3.22. The van der Waals surface area contributed by atoms with E-state index < -0.39 is 0 Å². The van der Waals surface area contributed by atoms with Crippen LogP contribution in [0.3, 0.4) is 0 Å². The minimum Gasteiger partial charge on any atom is -0.410 e. The van der Waals surface area contributed by atoms with Crippen molar-refractivity contribution in [2.45, 2.75) is 0 Å². The normalized spacial score (nSPS) is 11.4. The molecule has 16 heavy (non-hydrogen) atoms. The number of hydrogen-bond donors (Lipinski definition) is 1. The lowest BCUT2D eigenvalue weighted by atomic mass is 10.0. The van der Waals surface area contributed by atoms with Gasteiger partial charge >= 0.3 is 0 Å². The van der Waals surface area contributed by atoms with E-state index >= 15 is 0 Å². The van der Waals surface area contributed by atoms with Gasteiger partial charge in [-0.15, -0.1) is 0 Å². The van der Waals surface area contributed by atoms with Gasteiger partial charge in [-0.1, -0.05) is 65.3 Å². The summed E-state index contributed by atoms with van der Waals surface area (Å²) in [5.74, 6) is 0. The molecule has 0 saturated heterocycles. The largest absolute Gasteiger partial charge is 0.410 e. The second kappa shape index (κ2) is 4.81. The minimum absolute atomic E-state index is 0.478. The van der Waals surface area contributed by atoms with E-state index in [0.29, 0.717) is 10.7 Å². The molecule has 0 aliphatic rings. The van der Waals surface area contributed by atoms with E-state index in [9.17, 15) is 0 Å². The molecule has 0 fully saturated rings. The Labute approximate surface area is 98.8 Å². The van der Waals surface area contributed by atoms with Gasteiger partial charge in [-0.3, -0.25) is 0 Å². The van der Waals surface area contributed by atoms with Crippen LogP contribution in [-0.4, -0.2) is 10.9 Å². The third-order valence-electron chi connectivity index (χ3n) is 2.28.